The first-order valence-corrected chi connectivity index (χ1v) is 8.14. The molecule has 0 aliphatic rings. The molecule has 0 N–H and O–H groups in total. The topological polar surface area (TPSA) is 29.5 Å². The monoisotopic (exact) mass is 319 g/mol. The lowest BCUT2D eigenvalue weighted by Gasteiger charge is -2.18. The molecule has 0 saturated heterocycles. The predicted molar refractivity (Wildman–Crippen MR) is 98.7 cm³/mol. The number of anilines is 1. The van der Waals surface area contributed by atoms with Crippen LogP contribution >= 0.6 is 0 Å². The van der Waals surface area contributed by atoms with Gasteiger partial charge in [0.25, 0.3) is 0 Å². The van der Waals surface area contributed by atoms with Gasteiger partial charge in [-0.15, -0.1) is 0 Å². The van der Waals surface area contributed by atoms with E-state index in [1.807, 2.05) is 68.6 Å². The molecule has 0 atom stereocenters. The highest BCUT2D eigenvalue weighted by Gasteiger charge is 2.12. The van der Waals surface area contributed by atoms with Crippen molar-refractivity contribution in [1.82, 2.24) is 0 Å². The van der Waals surface area contributed by atoms with E-state index in [9.17, 15) is 4.79 Å². The van der Waals surface area contributed by atoms with E-state index in [1.54, 1.807) is 4.90 Å². The average molecular weight is 319 g/mol. The van der Waals surface area contributed by atoms with Crippen molar-refractivity contribution in [2.75, 3.05) is 18.6 Å². The molecular weight excluding hydrogens is 298 g/mol. The van der Waals surface area contributed by atoms with Gasteiger partial charge in [0, 0.05) is 12.7 Å². The fraction of sp³-hybridized carbons (Fsp3) is 0.190. The number of hydrogen-bond donors (Lipinski definition) is 0. The summed E-state index contributed by atoms with van der Waals surface area (Å²) in [4.78, 5) is 14.3. The van der Waals surface area contributed by atoms with Gasteiger partial charge in [-0.2, -0.15) is 0 Å². The van der Waals surface area contributed by atoms with Gasteiger partial charge in [-0.25, -0.2) is 0 Å². The molecule has 0 heterocycles. The van der Waals surface area contributed by atoms with E-state index in [0.717, 1.165) is 22.4 Å². The van der Waals surface area contributed by atoms with Crippen molar-refractivity contribution in [2.24, 2.45) is 0 Å². The summed E-state index contributed by atoms with van der Waals surface area (Å²) >= 11 is 0. The Morgan fingerprint density at radius 2 is 1.67 bits per heavy atom. The Morgan fingerprint density at radius 3 is 2.38 bits per heavy atom. The number of benzene rings is 3. The Morgan fingerprint density at radius 1 is 0.958 bits per heavy atom. The number of ether oxygens (including phenoxy) is 1. The van der Waals surface area contributed by atoms with Crippen LogP contribution in [0, 0.1) is 0 Å². The minimum absolute atomic E-state index is 0.0643. The molecule has 1 amide bonds. The Labute approximate surface area is 142 Å². The van der Waals surface area contributed by atoms with Gasteiger partial charge in [0.15, 0.2) is 0 Å². The van der Waals surface area contributed by atoms with Crippen LogP contribution in [0.1, 0.15) is 12.5 Å². The number of carbonyl (C=O) groups excluding carboxylic acids is 1. The molecule has 24 heavy (non-hydrogen) atoms. The number of hydrogen-bond acceptors (Lipinski definition) is 2. The Balaban J connectivity index is 1.73. The van der Waals surface area contributed by atoms with E-state index in [1.165, 1.54) is 5.39 Å². The summed E-state index contributed by atoms with van der Waals surface area (Å²) < 4.78 is 5.43. The Kier molecular flexibility index (Phi) is 4.80. The molecule has 0 fully saturated rings. The van der Waals surface area contributed by atoms with Crippen molar-refractivity contribution >= 4 is 22.4 Å². The zero-order chi connectivity index (χ0) is 16.9. The third kappa shape index (κ3) is 3.57. The normalized spacial score (nSPS) is 10.6. The van der Waals surface area contributed by atoms with Gasteiger partial charge in [0.1, 0.15) is 5.75 Å². The molecule has 3 heteroatoms. The van der Waals surface area contributed by atoms with Crippen molar-refractivity contribution in [3.63, 3.8) is 0 Å². The molecule has 3 aromatic carbocycles. The summed E-state index contributed by atoms with van der Waals surface area (Å²) in [7, 11) is 1.82. The molecule has 3 nitrogen and oxygen atoms in total. The maximum absolute atomic E-state index is 12.6. The summed E-state index contributed by atoms with van der Waals surface area (Å²) in [6.07, 6.45) is 0.371. The third-order valence-corrected chi connectivity index (χ3v) is 4.08. The molecule has 0 aliphatic carbocycles. The largest absolute Gasteiger partial charge is 0.494 e. The molecule has 0 unspecified atom stereocenters. The molecular formula is C21H21NO2. The van der Waals surface area contributed by atoms with Crippen molar-refractivity contribution in [3.8, 4) is 5.75 Å². The molecule has 0 spiro atoms. The van der Waals surface area contributed by atoms with Gasteiger partial charge in [0.2, 0.25) is 5.91 Å². The highest BCUT2D eigenvalue weighted by atomic mass is 16.5. The molecule has 0 bridgehead atoms. The Bertz CT molecular complexity index is 840. The zero-order valence-corrected chi connectivity index (χ0v) is 14.0. The van der Waals surface area contributed by atoms with Crippen LogP contribution in [0.4, 0.5) is 5.69 Å². The zero-order valence-electron chi connectivity index (χ0n) is 14.0. The van der Waals surface area contributed by atoms with Gasteiger partial charge >= 0.3 is 0 Å². The highest BCUT2D eigenvalue weighted by molar-refractivity contribution is 5.97. The number of carbonyl (C=O) groups is 1. The van der Waals surface area contributed by atoms with Crippen molar-refractivity contribution < 1.29 is 9.53 Å². The van der Waals surface area contributed by atoms with Crippen LogP contribution in [0.3, 0.4) is 0 Å². The number of fused-ring (bicyclic) bond motifs is 1. The minimum Gasteiger partial charge on any atom is -0.494 e. The first-order valence-electron chi connectivity index (χ1n) is 8.14. The van der Waals surface area contributed by atoms with E-state index in [4.69, 9.17) is 4.74 Å². The summed E-state index contributed by atoms with van der Waals surface area (Å²) in [6, 6.07) is 21.9. The standard InChI is InChI=1S/C21H21NO2/c1-3-24-20-12-8-16(9-13-20)14-21(23)22(2)19-11-10-17-6-4-5-7-18(17)15-19/h4-13,15H,3,14H2,1-2H3. The maximum atomic E-state index is 12.6. The van der Waals surface area contributed by atoms with Crippen LogP contribution in [-0.2, 0) is 11.2 Å². The van der Waals surface area contributed by atoms with E-state index >= 15 is 0 Å². The van der Waals surface area contributed by atoms with Gasteiger partial charge < -0.3 is 9.64 Å². The maximum Gasteiger partial charge on any atom is 0.231 e. The second kappa shape index (κ2) is 7.18. The lowest BCUT2D eigenvalue weighted by atomic mass is 10.1. The number of amides is 1. The number of rotatable bonds is 5. The van der Waals surface area contributed by atoms with Crippen molar-refractivity contribution in [1.29, 1.82) is 0 Å². The fourth-order valence-corrected chi connectivity index (χ4v) is 2.69. The SMILES string of the molecule is CCOc1ccc(CC(=O)N(C)c2ccc3ccccc3c2)cc1. The summed E-state index contributed by atoms with van der Waals surface area (Å²) in [5, 5.41) is 2.31. The lowest BCUT2D eigenvalue weighted by Crippen LogP contribution is -2.27. The molecule has 0 saturated carbocycles. The first kappa shape index (κ1) is 16.1. The molecule has 0 radical (unpaired) electrons. The summed E-state index contributed by atoms with van der Waals surface area (Å²) in [5.74, 6) is 0.894. The van der Waals surface area contributed by atoms with Crippen LogP contribution in [0.5, 0.6) is 5.75 Å². The molecule has 0 aromatic heterocycles. The number of likely N-dealkylation sites (N-methyl/N-ethyl adjacent to an activating group) is 1. The smallest absolute Gasteiger partial charge is 0.231 e. The quantitative estimate of drug-likeness (QED) is 0.695. The predicted octanol–water partition coefficient (Wildman–Crippen LogP) is 4.44. The van der Waals surface area contributed by atoms with Gasteiger partial charge in [-0.05, 0) is 47.5 Å². The van der Waals surface area contributed by atoms with E-state index in [-0.39, 0.29) is 5.91 Å². The Hall–Kier alpha value is -2.81. The van der Waals surface area contributed by atoms with Gasteiger partial charge in [-0.3, -0.25) is 4.79 Å². The second-order valence-corrected chi connectivity index (χ2v) is 5.74. The van der Waals surface area contributed by atoms with Gasteiger partial charge in [0.05, 0.1) is 13.0 Å². The van der Waals surface area contributed by atoms with Gasteiger partial charge in [-0.1, -0.05) is 42.5 Å². The van der Waals surface area contributed by atoms with Crippen molar-refractivity contribution in [2.45, 2.75) is 13.3 Å². The fourth-order valence-electron chi connectivity index (χ4n) is 2.69. The third-order valence-electron chi connectivity index (χ3n) is 4.08. The van der Waals surface area contributed by atoms with E-state index in [0.29, 0.717) is 13.0 Å². The second-order valence-electron chi connectivity index (χ2n) is 5.74. The average Bonchev–Trinajstić information content (AvgIpc) is 2.62. The molecule has 3 aromatic rings. The molecule has 3 rings (SSSR count). The highest BCUT2D eigenvalue weighted by Crippen LogP contribution is 2.22. The molecule has 122 valence electrons. The summed E-state index contributed by atoms with van der Waals surface area (Å²) in [6.45, 7) is 2.60. The first-order chi connectivity index (χ1) is 11.7. The van der Waals surface area contributed by atoms with Crippen LogP contribution in [0.25, 0.3) is 10.8 Å². The summed E-state index contributed by atoms with van der Waals surface area (Å²) in [5.41, 5.74) is 1.89. The van der Waals surface area contributed by atoms with E-state index in [2.05, 4.69) is 12.1 Å². The van der Waals surface area contributed by atoms with E-state index < -0.39 is 0 Å². The van der Waals surface area contributed by atoms with Crippen LogP contribution in [-0.4, -0.2) is 19.6 Å². The van der Waals surface area contributed by atoms with Crippen LogP contribution < -0.4 is 9.64 Å². The van der Waals surface area contributed by atoms with Crippen LogP contribution in [0.15, 0.2) is 66.7 Å². The number of nitrogens with zero attached hydrogens (tertiary/aromatic N) is 1. The molecule has 0 aliphatic heterocycles. The lowest BCUT2D eigenvalue weighted by molar-refractivity contribution is -0.117. The van der Waals surface area contributed by atoms with Crippen molar-refractivity contribution in [3.05, 3.63) is 72.3 Å². The minimum atomic E-state index is 0.0643. The van der Waals surface area contributed by atoms with Crippen LogP contribution in [0.2, 0.25) is 0 Å².